The molecule has 0 aliphatic carbocycles. The van der Waals surface area contributed by atoms with Crippen molar-refractivity contribution in [3.05, 3.63) is 42.6 Å². The van der Waals surface area contributed by atoms with Gasteiger partial charge in [0.15, 0.2) is 5.82 Å². The summed E-state index contributed by atoms with van der Waals surface area (Å²) in [5.41, 5.74) is 0.992. The first-order valence-electron chi connectivity index (χ1n) is 8.09. The summed E-state index contributed by atoms with van der Waals surface area (Å²) in [6.45, 7) is 2.21. The van der Waals surface area contributed by atoms with Crippen molar-refractivity contribution in [2.45, 2.75) is 12.8 Å². The molecule has 1 fully saturated rings. The largest absolute Gasteiger partial charge is 0.356 e. The number of hydrogen-bond donors (Lipinski definition) is 1. The van der Waals surface area contributed by atoms with Gasteiger partial charge in [0.1, 0.15) is 5.82 Å². The van der Waals surface area contributed by atoms with E-state index in [0.717, 1.165) is 37.3 Å². The van der Waals surface area contributed by atoms with Crippen LogP contribution in [0.4, 0.5) is 5.82 Å². The molecule has 3 rings (SSSR count). The summed E-state index contributed by atoms with van der Waals surface area (Å²) in [6, 6.07) is 11.8. The summed E-state index contributed by atoms with van der Waals surface area (Å²) in [4.78, 5) is 11.3. The first-order chi connectivity index (χ1) is 11.5. The lowest BCUT2D eigenvalue weighted by molar-refractivity contribution is 0.409. The van der Waals surface area contributed by atoms with Gasteiger partial charge >= 0.3 is 0 Å². The van der Waals surface area contributed by atoms with Crippen LogP contribution in [-0.2, 0) is 10.0 Å². The number of piperidine rings is 1. The summed E-state index contributed by atoms with van der Waals surface area (Å²) >= 11 is 0. The van der Waals surface area contributed by atoms with Crippen LogP contribution in [0.15, 0.2) is 42.6 Å². The van der Waals surface area contributed by atoms with Gasteiger partial charge in [-0.3, -0.25) is 0 Å². The minimum atomic E-state index is -3.14. The maximum atomic E-state index is 11.3. The van der Waals surface area contributed by atoms with E-state index in [4.69, 9.17) is 0 Å². The Morgan fingerprint density at radius 2 is 2.04 bits per heavy atom. The normalized spacial score (nSPS) is 18.5. The Balaban J connectivity index is 1.72. The second-order valence-corrected chi connectivity index (χ2v) is 8.01. The average molecular weight is 346 g/mol. The van der Waals surface area contributed by atoms with E-state index >= 15 is 0 Å². The van der Waals surface area contributed by atoms with Crippen molar-refractivity contribution in [3.8, 4) is 11.4 Å². The number of nitrogens with one attached hydrogen (secondary N) is 1. The van der Waals surface area contributed by atoms with E-state index in [-0.39, 0.29) is 0 Å². The lowest BCUT2D eigenvalue weighted by Crippen LogP contribution is -2.41. The van der Waals surface area contributed by atoms with Crippen molar-refractivity contribution < 1.29 is 8.42 Å². The Bertz CT molecular complexity index is 780. The maximum Gasteiger partial charge on any atom is 0.208 e. The summed E-state index contributed by atoms with van der Waals surface area (Å²) in [5, 5.41) is 0. The van der Waals surface area contributed by atoms with E-state index < -0.39 is 10.0 Å². The van der Waals surface area contributed by atoms with Crippen molar-refractivity contribution in [2.24, 2.45) is 5.92 Å². The molecule has 0 amide bonds. The molecule has 0 radical (unpaired) electrons. The van der Waals surface area contributed by atoms with Crippen LogP contribution < -0.4 is 9.62 Å². The molecular weight excluding hydrogens is 324 g/mol. The predicted molar refractivity (Wildman–Crippen MR) is 95.3 cm³/mol. The molecule has 1 aromatic carbocycles. The Hall–Kier alpha value is -1.99. The molecule has 1 atom stereocenters. The fourth-order valence-corrected chi connectivity index (χ4v) is 3.50. The molecule has 6 nitrogen and oxygen atoms in total. The number of sulfonamides is 1. The Kier molecular flexibility index (Phi) is 5.11. The summed E-state index contributed by atoms with van der Waals surface area (Å²) in [5.74, 6) is 1.90. The third-order valence-electron chi connectivity index (χ3n) is 4.15. The van der Waals surface area contributed by atoms with Crippen molar-refractivity contribution in [2.75, 3.05) is 30.8 Å². The lowest BCUT2D eigenvalue weighted by atomic mass is 9.98. The van der Waals surface area contributed by atoms with Gasteiger partial charge < -0.3 is 4.90 Å². The van der Waals surface area contributed by atoms with Gasteiger partial charge in [0.2, 0.25) is 10.0 Å². The fourth-order valence-electron chi connectivity index (χ4n) is 2.96. The summed E-state index contributed by atoms with van der Waals surface area (Å²) < 4.78 is 25.2. The summed E-state index contributed by atoms with van der Waals surface area (Å²) in [7, 11) is -3.14. The molecule has 2 aromatic rings. The Morgan fingerprint density at radius 1 is 1.25 bits per heavy atom. The Labute approximate surface area is 143 Å². The molecule has 7 heteroatoms. The molecule has 0 bridgehead atoms. The topological polar surface area (TPSA) is 75.2 Å². The van der Waals surface area contributed by atoms with Gasteiger partial charge in [-0.05, 0) is 24.8 Å². The number of rotatable bonds is 5. The van der Waals surface area contributed by atoms with Gasteiger partial charge in [-0.2, -0.15) is 0 Å². The van der Waals surface area contributed by atoms with Crippen LogP contribution in [0.1, 0.15) is 12.8 Å². The van der Waals surface area contributed by atoms with Crippen LogP contribution in [0, 0.1) is 5.92 Å². The molecule has 1 N–H and O–H groups in total. The highest BCUT2D eigenvalue weighted by molar-refractivity contribution is 7.88. The molecular formula is C17H22N4O2S. The fraction of sp³-hybridized carbons (Fsp3) is 0.412. The van der Waals surface area contributed by atoms with Crippen LogP contribution in [-0.4, -0.2) is 44.3 Å². The van der Waals surface area contributed by atoms with E-state index in [0.29, 0.717) is 18.3 Å². The Morgan fingerprint density at radius 3 is 2.79 bits per heavy atom. The van der Waals surface area contributed by atoms with Crippen LogP contribution in [0.3, 0.4) is 0 Å². The van der Waals surface area contributed by atoms with Crippen LogP contribution in [0.5, 0.6) is 0 Å². The average Bonchev–Trinajstić information content (AvgIpc) is 2.61. The van der Waals surface area contributed by atoms with Crippen molar-refractivity contribution in [1.29, 1.82) is 0 Å². The molecule has 0 spiro atoms. The number of nitrogens with zero attached hydrogens (tertiary/aromatic N) is 3. The highest BCUT2D eigenvalue weighted by Crippen LogP contribution is 2.23. The molecule has 0 saturated carbocycles. The van der Waals surface area contributed by atoms with E-state index in [1.54, 1.807) is 6.20 Å². The highest BCUT2D eigenvalue weighted by atomic mass is 32.2. The number of hydrogen-bond acceptors (Lipinski definition) is 5. The highest BCUT2D eigenvalue weighted by Gasteiger charge is 2.22. The summed E-state index contributed by atoms with van der Waals surface area (Å²) in [6.07, 6.45) is 5.03. The quantitative estimate of drug-likeness (QED) is 0.895. The number of anilines is 1. The lowest BCUT2D eigenvalue weighted by Gasteiger charge is -2.33. The monoisotopic (exact) mass is 346 g/mol. The SMILES string of the molecule is CS(=O)(=O)NC[C@H]1CCCN(c2ccnc(-c3ccccc3)n2)C1. The third-order valence-corrected chi connectivity index (χ3v) is 4.84. The minimum Gasteiger partial charge on any atom is -0.356 e. The van der Waals surface area contributed by atoms with E-state index in [2.05, 4.69) is 19.6 Å². The number of aromatic nitrogens is 2. The molecule has 1 aromatic heterocycles. The van der Waals surface area contributed by atoms with Gasteiger partial charge in [0.25, 0.3) is 0 Å². The van der Waals surface area contributed by atoms with Gasteiger partial charge in [-0.1, -0.05) is 30.3 Å². The first-order valence-corrected chi connectivity index (χ1v) is 9.98. The predicted octanol–water partition coefficient (Wildman–Crippen LogP) is 1.91. The zero-order chi connectivity index (χ0) is 17.0. The maximum absolute atomic E-state index is 11.3. The van der Waals surface area contributed by atoms with E-state index in [1.165, 1.54) is 6.26 Å². The van der Waals surface area contributed by atoms with Crippen molar-refractivity contribution in [3.63, 3.8) is 0 Å². The van der Waals surface area contributed by atoms with Crippen molar-refractivity contribution in [1.82, 2.24) is 14.7 Å². The minimum absolute atomic E-state index is 0.295. The molecule has 0 unspecified atom stereocenters. The standard InChI is InChI=1S/C17H22N4O2S/c1-24(22,23)19-12-14-6-5-11-21(13-14)16-9-10-18-17(20-16)15-7-3-2-4-8-15/h2-4,7-10,14,19H,5-6,11-13H2,1H3/t14-/m1/s1. The molecule has 1 aliphatic heterocycles. The van der Waals surface area contributed by atoms with Crippen LogP contribution >= 0.6 is 0 Å². The third kappa shape index (κ3) is 4.52. The van der Waals surface area contributed by atoms with E-state index in [9.17, 15) is 8.42 Å². The molecule has 1 aliphatic rings. The van der Waals surface area contributed by atoms with Crippen molar-refractivity contribution >= 4 is 15.8 Å². The van der Waals surface area contributed by atoms with Crippen LogP contribution in [0.2, 0.25) is 0 Å². The van der Waals surface area contributed by atoms with E-state index in [1.807, 2.05) is 36.4 Å². The molecule has 2 heterocycles. The molecule has 128 valence electrons. The number of benzene rings is 1. The van der Waals surface area contributed by atoms with Gasteiger partial charge in [0, 0.05) is 31.4 Å². The zero-order valence-corrected chi connectivity index (χ0v) is 14.5. The van der Waals surface area contributed by atoms with Gasteiger partial charge in [-0.15, -0.1) is 0 Å². The second kappa shape index (κ2) is 7.27. The second-order valence-electron chi connectivity index (χ2n) is 6.18. The molecule has 24 heavy (non-hydrogen) atoms. The van der Waals surface area contributed by atoms with Crippen LogP contribution in [0.25, 0.3) is 11.4 Å². The molecule has 1 saturated heterocycles. The van der Waals surface area contributed by atoms with Gasteiger partial charge in [0.05, 0.1) is 6.26 Å². The smallest absolute Gasteiger partial charge is 0.208 e. The van der Waals surface area contributed by atoms with Gasteiger partial charge in [-0.25, -0.2) is 23.1 Å². The first kappa shape index (κ1) is 16.9. The zero-order valence-electron chi connectivity index (χ0n) is 13.7.